The van der Waals surface area contributed by atoms with Gasteiger partial charge in [0.15, 0.2) is 0 Å². The molecule has 0 heterocycles. The Balaban J connectivity index is 2.39. The van der Waals surface area contributed by atoms with Crippen LogP contribution >= 0.6 is 0 Å². The highest BCUT2D eigenvalue weighted by molar-refractivity contribution is 7.89. The molecule has 2 aromatic rings. The van der Waals surface area contributed by atoms with Crippen molar-refractivity contribution in [3.63, 3.8) is 0 Å². The second-order valence-electron chi connectivity index (χ2n) is 7.70. The number of rotatable bonds is 9. The third-order valence-electron chi connectivity index (χ3n) is 4.35. The number of carbonyl (C=O) groups is 1. The molecule has 2 aromatic carbocycles. The van der Waals surface area contributed by atoms with E-state index in [4.69, 9.17) is 4.74 Å². The van der Waals surface area contributed by atoms with Crippen LogP contribution in [0.4, 0.5) is 0 Å². The number of methoxy groups -OCH3 is 1. The SMILES string of the molecule is COc1ccc(S(=O)(=O)NC(CC(C)C)c2ccccc2)cc1C(=O)NC(C)C. The Hall–Kier alpha value is -2.38. The summed E-state index contributed by atoms with van der Waals surface area (Å²) < 4.78 is 34.3. The number of benzene rings is 2. The fraction of sp³-hybridized carbons (Fsp3) is 0.409. The van der Waals surface area contributed by atoms with Crippen molar-refractivity contribution >= 4 is 15.9 Å². The van der Waals surface area contributed by atoms with Crippen LogP contribution in [0.3, 0.4) is 0 Å². The van der Waals surface area contributed by atoms with Crippen molar-refractivity contribution in [1.82, 2.24) is 10.0 Å². The van der Waals surface area contributed by atoms with Gasteiger partial charge in [0.2, 0.25) is 10.0 Å². The standard InChI is InChI=1S/C22H30N2O4S/c1-15(2)13-20(17-9-7-6-8-10-17)24-29(26,27)18-11-12-21(28-5)19(14-18)22(25)23-16(3)4/h6-12,14-16,20,24H,13H2,1-5H3,(H,23,25). The van der Waals surface area contributed by atoms with Gasteiger partial charge in [0.25, 0.3) is 5.91 Å². The summed E-state index contributed by atoms with van der Waals surface area (Å²) in [7, 11) is -2.40. The number of ether oxygens (including phenoxy) is 1. The van der Waals surface area contributed by atoms with Crippen LogP contribution in [-0.2, 0) is 10.0 Å². The summed E-state index contributed by atoms with van der Waals surface area (Å²) >= 11 is 0. The predicted octanol–water partition coefficient (Wildman–Crippen LogP) is 3.90. The van der Waals surface area contributed by atoms with E-state index in [1.165, 1.54) is 25.3 Å². The minimum Gasteiger partial charge on any atom is -0.496 e. The third kappa shape index (κ3) is 6.30. The normalized spacial score (nSPS) is 12.8. The molecule has 2 rings (SSSR count). The summed E-state index contributed by atoms with van der Waals surface area (Å²) in [5.41, 5.74) is 1.08. The zero-order chi connectivity index (χ0) is 21.6. The maximum Gasteiger partial charge on any atom is 0.255 e. The molecule has 1 unspecified atom stereocenters. The molecule has 158 valence electrons. The number of nitrogens with one attached hydrogen (secondary N) is 2. The molecule has 0 saturated heterocycles. The van der Waals surface area contributed by atoms with Crippen LogP contribution < -0.4 is 14.8 Å². The second kappa shape index (κ2) is 9.89. The van der Waals surface area contributed by atoms with E-state index >= 15 is 0 Å². The van der Waals surface area contributed by atoms with Crippen LogP contribution in [0.25, 0.3) is 0 Å². The molecule has 6 nitrogen and oxygen atoms in total. The highest BCUT2D eigenvalue weighted by atomic mass is 32.2. The minimum absolute atomic E-state index is 0.0249. The Kier molecular flexibility index (Phi) is 7.81. The van der Waals surface area contributed by atoms with Gasteiger partial charge in [0.1, 0.15) is 5.75 Å². The van der Waals surface area contributed by atoms with Crippen LogP contribution in [0, 0.1) is 5.92 Å². The summed E-state index contributed by atoms with van der Waals surface area (Å²) in [4.78, 5) is 12.5. The van der Waals surface area contributed by atoms with E-state index in [2.05, 4.69) is 10.0 Å². The molecule has 0 radical (unpaired) electrons. The molecule has 0 aliphatic rings. The number of hydrogen-bond donors (Lipinski definition) is 2. The van der Waals surface area contributed by atoms with E-state index < -0.39 is 10.0 Å². The van der Waals surface area contributed by atoms with Crippen molar-refractivity contribution in [2.75, 3.05) is 7.11 Å². The van der Waals surface area contributed by atoms with Crippen molar-refractivity contribution in [2.45, 2.75) is 51.1 Å². The van der Waals surface area contributed by atoms with Crippen LogP contribution in [0.1, 0.15) is 56.1 Å². The highest BCUT2D eigenvalue weighted by Gasteiger charge is 2.24. The summed E-state index contributed by atoms with van der Waals surface area (Å²) in [6.07, 6.45) is 0.653. The van der Waals surface area contributed by atoms with E-state index in [0.29, 0.717) is 18.1 Å². The van der Waals surface area contributed by atoms with Gasteiger partial charge >= 0.3 is 0 Å². The minimum atomic E-state index is -3.85. The van der Waals surface area contributed by atoms with E-state index in [-0.39, 0.29) is 28.4 Å². The number of sulfonamides is 1. The Labute approximate surface area is 173 Å². The van der Waals surface area contributed by atoms with Crippen molar-refractivity contribution < 1.29 is 17.9 Å². The quantitative estimate of drug-likeness (QED) is 0.647. The van der Waals surface area contributed by atoms with Gasteiger partial charge in [-0.1, -0.05) is 44.2 Å². The molecule has 29 heavy (non-hydrogen) atoms. The molecule has 0 fully saturated rings. The molecule has 1 atom stereocenters. The molecule has 0 spiro atoms. The molecular weight excluding hydrogens is 388 g/mol. The fourth-order valence-electron chi connectivity index (χ4n) is 3.04. The average molecular weight is 419 g/mol. The highest BCUT2D eigenvalue weighted by Crippen LogP contribution is 2.26. The first kappa shape index (κ1) is 22.9. The van der Waals surface area contributed by atoms with Gasteiger partial charge in [-0.15, -0.1) is 0 Å². The Bertz CT molecular complexity index is 925. The third-order valence-corrected chi connectivity index (χ3v) is 5.82. The van der Waals surface area contributed by atoms with E-state index in [0.717, 1.165) is 5.56 Å². The topological polar surface area (TPSA) is 84.5 Å². The first-order chi connectivity index (χ1) is 13.6. The van der Waals surface area contributed by atoms with E-state index in [1.54, 1.807) is 0 Å². The Morgan fingerprint density at radius 2 is 1.69 bits per heavy atom. The Morgan fingerprint density at radius 3 is 2.24 bits per heavy atom. The van der Waals surface area contributed by atoms with Gasteiger partial charge in [-0.25, -0.2) is 13.1 Å². The smallest absolute Gasteiger partial charge is 0.255 e. The van der Waals surface area contributed by atoms with Crippen LogP contribution in [-0.4, -0.2) is 27.5 Å². The molecular formula is C22H30N2O4S. The summed E-state index contributed by atoms with van der Waals surface area (Å²) in [6.45, 7) is 7.77. The number of carbonyl (C=O) groups excluding carboxylic acids is 1. The predicted molar refractivity (Wildman–Crippen MR) is 115 cm³/mol. The molecule has 1 amide bonds. The number of amides is 1. The first-order valence-electron chi connectivity index (χ1n) is 9.70. The van der Waals surface area contributed by atoms with Gasteiger partial charge < -0.3 is 10.1 Å². The molecule has 0 aliphatic carbocycles. The maximum absolute atomic E-state index is 13.1. The largest absolute Gasteiger partial charge is 0.496 e. The number of hydrogen-bond acceptors (Lipinski definition) is 4. The lowest BCUT2D eigenvalue weighted by atomic mass is 9.98. The zero-order valence-corrected chi connectivity index (χ0v) is 18.4. The molecule has 0 aliphatic heterocycles. The second-order valence-corrected chi connectivity index (χ2v) is 9.42. The van der Waals surface area contributed by atoms with Gasteiger partial charge in [-0.05, 0) is 49.9 Å². The summed E-state index contributed by atoms with van der Waals surface area (Å²) in [5.74, 6) is 0.241. The van der Waals surface area contributed by atoms with Gasteiger partial charge in [-0.3, -0.25) is 4.79 Å². The van der Waals surface area contributed by atoms with E-state index in [1.807, 2.05) is 58.0 Å². The molecule has 0 aromatic heterocycles. The summed E-state index contributed by atoms with van der Waals surface area (Å²) in [6, 6.07) is 13.3. The summed E-state index contributed by atoms with van der Waals surface area (Å²) in [5, 5.41) is 2.77. The van der Waals surface area contributed by atoms with Gasteiger partial charge in [0.05, 0.1) is 17.6 Å². The van der Waals surface area contributed by atoms with Crippen molar-refractivity contribution in [3.05, 3.63) is 59.7 Å². The van der Waals surface area contributed by atoms with Crippen LogP contribution in [0.15, 0.2) is 53.4 Å². The molecule has 2 N–H and O–H groups in total. The molecule has 7 heteroatoms. The van der Waals surface area contributed by atoms with Gasteiger partial charge in [-0.2, -0.15) is 0 Å². The van der Waals surface area contributed by atoms with Crippen LogP contribution in [0.5, 0.6) is 5.75 Å². The zero-order valence-electron chi connectivity index (χ0n) is 17.6. The molecule has 0 bridgehead atoms. The van der Waals surface area contributed by atoms with Crippen molar-refractivity contribution in [1.29, 1.82) is 0 Å². The maximum atomic E-state index is 13.1. The lowest BCUT2D eigenvalue weighted by Gasteiger charge is -2.21. The van der Waals surface area contributed by atoms with E-state index in [9.17, 15) is 13.2 Å². The average Bonchev–Trinajstić information content (AvgIpc) is 2.66. The first-order valence-corrected chi connectivity index (χ1v) is 11.2. The van der Waals surface area contributed by atoms with Crippen molar-refractivity contribution in [2.24, 2.45) is 5.92 Å². The van der Waals surface area contributed by atoms with Crippen LogP contribution in [0.2, 0.25) is 0 Å². The van der Waals surface area contributed by atoms with Gasteiger partial charge in [0, 0.05) is 12.1 Å². The molecule has 0 saturated carbocycles. The van der Waals surface area contributed by atoms with Crippen molar-refractivity contribution in [3.8, 4) is 5.75 Å². The fourth-order valence-corrected chi connectivity index (χ4v) is 4.30. The lowest BCUT2D eigenvalue weighted by molar-refractivity contribution is 0.0940. The lowest BCUT2D eigenvalue weighted by Crippen LogP contribution is -2.32. The Morgan fingerprint density at radius 1 is 1.03 bits per heavy atom. The monoisotopic (exact) mass is 418 g/mol.